The van der Waals surface area contributed by atoms with Crippen molar-refractivity contribution in [3.05, 3.63) is 0 Å². The van der Waals surface area contributed by atoms with Gasteiger partial charge < -0.3 is 15.0 Å². The maximum atomic E-state index is 6.05. The van der Waals surface area contributed by atoms with Crippen molar-refractivity contribution >= 4 is 0 Å². The topological polar surface area (TPSA) is 24.5 Å². The van der Waals surface area contributed by atoms with Gasteiger partial charge >= 0.3 is 0 Å². The Morgan fingerprint density at radius 3 is 2.57 bits per heavy atom. The van der Waals surface area contributed by atoms with Gasteiger partial charge in [0.25, 0.3) is 0 Å². The molecule has 82 valence electrons. The van der Waals surface area contributed by atoms with E-state index in [0.29, 0.717) is 6.04 Å². The predicted octanol–water partition coefficient (Wildman–Crippen LogP) is 0.849. The molecule has 1 heterocycles. The molecule has 1 aliphatic heterocycles. The lowest BCUT2D eigenvalue weighted by molar-refractivity contribution is -0.0805. The summed E-state index contributed by atoms with van der Waals surface area (Å²) < 4.78 is 6.05. The van der Waals surface area contributed by atoms with Gasteiger partial charge in [-0.2, -0.15) is 0 Å². The number of hydrogen-bond donors (Lipinski definition) is 1. The molecule has 1 N–H and O–H groups in total. The molecule has 0 aromatic rings. The lowest BCUT2D eigenvalue weighted by atomic mass is 9.99. The van der Waals surface area contributed by atoms with Gasteiger partial charge in [0.2, 0.25) is 0 Å². The van der Waals surface area contributed by atoms with Crippen LogP contribution in [0.1, 0.15) is 25.7 Å². The maximum absolute atomic E-state index is 6.05. The van der Waals surface area contributed by atoms with Gasteiger partial charge in [-0.3, -0.25) is 0 Å². The smallest absolute Gasteiger partial charge is 0.0807 e. The van der Waals surface area contributed by atoms with Gasteiger partial charge in [-0.25, -0.2) is 0 Å². The van der Waals surface area contributed by atoms with Crippen molar-refractivity contribution in [3.8, 4) is 0 Å². The lowest BCUT2D eigenvalue weighted by Crippen LogP contribution is -2.55. The van der Waals surface area contributed by atoms with Crippen LogP contribution in [0, 0.1) is 0 Å². The van der Waals surface area contributed by atoms with Crippen molar-refractivity contribution in [2.45, 2.75) is 37.3 Å². The Bertz CT molecular complexity index is 178. The zero-order valence-corrected chi connectivity index (χ0v) is 9.38. The minimum absolute atomic E-state index is 0.211. The largest absolute Gasteiger partial charge is 0.372 e. The van der Waals surface area contributed by atoms with Gasteiger partial charge in [0.15, 0.2) is 0 Å². The van der Waals surface area contributed by atoms with Crippen LogP contribution in [0.4, 0.5) is 0 Å². The first-order chi connectivity index (χ1) is 6.70. The first kappa shape index (κ1) is 10.4. The van der Waals surface area contributed by atoms with Crippen molar-refractivity contribution in [2.24, 2.45) is 0 Å². The Morgan fingerprint density at radius 2 is 2.07 bits per heavy atom. The SMILES string of the molecule is CN(C)CC1COC2(CCCC2)CN1. The van der Waals surface area contributed by atoms with Gasteiger partial charge in [-0.05, 0) is 26.9 Å². The van der Waals surface area contributed by atoms with E-state index < -0.39 is 0 Å². The highest BCUT2D eigenvalue weighted by Crippen LogP contribution is 2.34. The Balaban J connectivity index is 1.79. The fourth-order valence-corrected chi connectivity index (χ4v) is 2.62. The van der Waals surface area contributed by atoms with Gasteiger partial charge in [0.1, 0.15) is 0 Å². The fraction of sp³-hybridized carbons (Fsp3) is 1.00. The number of morpholine rings is 1. The summed E-state index contributed by atoms with van der Waals surface area (Å²) in [6, 6.07) is 0.524. The molecule has 1 atom stereocenters. The third-order valence-corrected chi connectivity index (χ3v) is 3.40. The standard InChI is InChI=1S/C11H22N2O/c1-13(2)7-10-8-14-11(9-12-10)5-3-4-6-11/h10,12H,3-9H2,1-2H3. The second-order valence-electron chi connectivity index (χ2n) is 5.04. The van der Waals surface area contributed by atoms with E-state index in [-0.39, 0.29) is 5.60 Å². The van der Waals surface area contributed by atoms with Gasteiger partial charge in [-0.1, -0.05) is 12.8 Å². The van der Waals surface area contributed by atoms with Crippen molar-refractivity contribution in [1.29, 1.82) is 0 Å². The summed E-state index contributed by atoms with van der Waals surface area (Å²) in [4.78, 5) is 2.22. The zero-order chi connectivity index (χ0) is 10.0. The quantitative estimate of drug-likeness (QED) is 0.712. The molecule has 0 amide bonds. The molecule has 1 spiro atoms. The van der Waals surface area contributed by atoms with Crippen LogP contribution < -0.4 is 5.32 Å². The van der Waals surface area contributed by atoms with Crippen LogP contribution in [0.25, 0.3) is 0 Å². The molecule has 3 nitrogen and oxygen atoms in total. The molecule has 2 aliphatic rings. The molecule has 1 saturated carbocycles. The molecule has 0 aromatic heterocycles. The number of rotatable bonds is 2. The summed E-state index contributed by atoms with van der Waals surface area (Å²) in [5.41, 5.74) is 0.211. The second kappa shape index (κ2) is 4.17. The third kappa shape index (κ3) is 2.27. The van der Waals surface area contributed by atoms with Crippen LogP contribution in [0.3, 0.4) is 0 Å². The number of nitrogens with zero attached hydrogens (tertiary/aromatic N) is 1. The van der Waals surface area contributed by atoms with Crippen molar-refractivity contribution in [1.82, 2.24) is 10.2 Å². The minimum atomic E-state index is 0.211. The van der Waals surface area contributed by atoms with E-state index in [2.05, 4.69) is 24.3 Å². The average molecular weight is 198 g/mol. The second-order valence-corrected chi connectivity index (χ2v) is 5.04. The fourth-order valence-electron chi connectivity index (χ4n) is 2.62. The van der Waals surface area contributed by atoms with Gasteiger partial charge in [0, 0.05) is 19.1 Å². The van der Waals surface area contributed by atoms with Crippen LogP contribution in [0.5, 0.6) is 0 Å². The highest BCUT2D eigenvalue weighted by molar-refractivity contribution is 4.93. The predicted molar refractivity (Wildman–Crippen MR) is 57.5 cm³/mol. The van der Waals surface area contributed by atoms with Gasteiger partial charge in [-0.15, -0.1) is 0 Å². The molecular formula is C11H22N2O. The first-order valence-corrected chi connectivity index (χ1v) is 5.72. The van der Waals surface area contributed by atoms with E-state index in [1.807, 2.05) is 0 Å². The first-order valence-electron chi connectivity index (χ1n) is 5.72. The molecule has 2 rings (SSSR count). The zero-order valence-electron chi connectivity index (χ0n) is 9.38. The number of ether oxygens (including phenoxy) is 1. The van der Waals surface area contributed by atoms with E-state index in [0.717, 1.165) is 19.7 Å². The Kier molecular flexibility index (Phi) is 3.10. The summed E-state index contributed by atoms with van der Waals surface area (Å²) in [5, 5.41) is 3.62. The summed E-state index contributed by atoms with van der Waals surface area (Å²) in [6.45, 7) is 3.03. The van der Waals surface area contributed by atoms with Gasteiger partial charge in [0.05, 0.1) is 12.2 Å². The molecule has 3 heteroatoms. The molecule has 1 aliphatic carbocycles. The van der Waals surface area contributed by atoms with Crippen LogP contribution in [0.2, 0.25) is 0 Å². The number of likely N-dealkylation sites (N-methyl/N-ethyl adjacent to an activating group) is 1. The van der Waals surface area contributed by atoms with E-state index in [1.54, 1.807) is 0 Å². The lowest BCUT2D eigenvalue weighted by Gasteiger charge is -2.39. The molecule has 0 aromatic carbocycles. The van der Waals surface area contributed by atoms with E-state index >= 15 is 0 Å². The number of hydrogen-bond acceptors (Lipinski definition) is 3. The average Bonchev–Trinajstić information content (AvgIpc) is 2.58. The highest BCUT2D eigenvalue weighted by Gasteiger charge is 2.38. The number of nitrogens with one attached hydrogen (secondary N) is 1. The van der Waals surface area contributed by atoms with Crippen molar-refractivity contribution in [3.63, 3.8) is 0 Å². The summed E-state index contributed by atoms with van der Waals surface area (Å²) in [6.07, 6.45) is 5.21. The molecular weight excluding hydrogens is 176 g/mol. The summed E-state index contributed by atoms with van der Waals surface area (Å²) in [5.74, 6) is 0. The monoisotopic (exact) mass is 198 g/mol. The molecule has 1 unspecified atom stereocenters. The van der Waals surface area contributed by atoms with Crippen LogP contribution in [0.15, 0.2) is 0 Å². The maximum Gasteiger partial charge on any atom is 0.0807 e. The Morgan fingerprint density at radius 1 is 1.36 bits per heavy atom. The summed E-state index contributed by atoms with van der Waals surface area (Å²) in [7, 11) is 4.23. The van der Waals surface area contributed by atoms with E-state index in [4.69, 9.17) is 4.74 Å². The van der Waals surface area contributed by atoms with Crippen LogP contribution in [-0.2, 0) is 4.74 Å². The highest BCUT2D eigenvalue weighted by atomic mass is 16.5. The van der Waals surface area contributed by atoms with Crippen LogP contribution in [-0.4, -0.2) is 50.3 Å². The molecule has 0 bridgehead atoms. The van der Waals surface area contributed by atoms with Crippen molar-refractivity contribution in [2.75, 3.05) is 33.8 Å². The van der Waals surface area contributed by atoms with E-state index in [9.17, 15) is 0 Å². The molecule has 1 saturated heterocycles. The van der Waals surface area contributed by atoms with E-state index in [1.165, 1.54) is 25.7 Å². The van der Waals surface area contributed by atoms with Crippen molar-refractivity contribution < 1.29 is 4.74 Å². The Hall–Kier alpha value is -0.120. The third-order valence-electron chi connectivity index (χ3n) is 3.40. The summed E-state index contributed by atoms with van der Waals surface area (Å²) >= 11 is 0. The normalized spacial score (nSPS) is 31.5. The molecule has 0 radical (unpaired) electrons. The molecule has 2 fully saturated rings. The van der Waals surface area contributed by atoms with Crippen LogP contribution >= 0.6 is 0 Å². The minimum Gasteiger partial charge on any atom is -0.372 e. The Labute approximate surface area is 86.8 Å². The molecule has 14 heavy (non-hydrogen) atoms.